The van der Waals surface area contributed by atoms with E-state index in [0.717, 1.165) is 28.0 Å². The molecule has 1 atom stereocenters. The Hall–Kier alpha value is -2.64. The maximum Gasteiger partial charge on any atom is 0.307 e. The minimum Gasteiger partial charge on any atom is -0.469 e. The van der Waals surface area contributed by atoms with Crippen molar-refractivity contribution < 1.29 is 14.3 Å². The Morgan fingerprint density at radius 2 is 2.19 bits per heavy atom. The van der Waals surface area contributed by atoms with E-state index in [1.165, 1.54) is 7.11 Å². The van der Waals surface area contributed by atoms with Gasteiger partial charge in [-0.25, -0.2) is 0 Å². The van der Waals surface area contributed by atoms with E-state index in [1.807, 2.05) is 30.3 Å². The van der Waals surface area contributed by atoms with Crippen molar-refractivity contribution in [2.24, 2.45) is 0 Å². The zero-order valence-corrected chi connectivity index (χ0v) is 15.6. The van der Waals surface area contributed by atoms with Gasteiger partial charge in [0.15, 0.2) is 5.82 Å². The fourth-order valence-corrected chi connectivity index (χ4v) is 3.48. The predicted molar refractivity (Wildman–Crippen MR) is 103 cm³/mol. The van der Waals surface area contributed by atoms with Gasteiger partial charge in [-0.3, -0.25) is 14.9 Å². The molecule has 7 nitrogen and oxygen atoms in total. The van der Waals surface area contributed by atoms with Gasteiger partial charge in [-0.15, -0.1) is 0 Å². The normalized spacial score (nSPS) is 17.3. The van der Waals surface area contributed by atoms with Crippen molar-refractivity contribution >= 4 is 34.3 Å². The molecule has 1 saturated heterocycles. The molecular formula is C19H19ClN4O3. The number of pyridine rings is 1. The Balaban J connectivity index is 1.73. The Bertz CT molecular complexity index is 957. The molecule has 0 radical (unpaired) electrons. The summed E-state index contributed by atoms with van der Waals surface area (Å²) in [6, 6.07) is 9.34. The Morgan fingerprint density at radius 3 is 2.96 bits per heavy atom. The number of anilines is 1. The lowest BCUT2D eigenvalue weighted by atomic mass is 10.1. The first-order chi connectivity index (χ1) is 13.2. The highest BCUT2D eigenvalue weighted by Crippen LogP contribution is 2.32. The van der Waals surface area contributed by atoms with E-state index in [0.29, 0.717) is 24.8 Å². The van der Waals surface area contributed by atoms with E-state index < -0.39 is 0 Å². The number of fused-ring (bicyclic) bond motifs is 1. The van der Waals surface area contributed by atoms with E-state index in [1.54, 1.807) is 6.20 Å². The van der Waals surface area contributed by atoms with Crippen LogP contribution in [-0.4, -0.2) is 54.1 Å². The van der Waals surface area contributed by atoms with Gasteiger partial charge in [0, 0.05) is 28.7 Å². The van der Waals surface area contributed by atoms with Crippen LogP contribution in [0.3, 0.4) is 0 Å². The molecule has 0 aliphatic carbocycles. The van der Waals surface area contributed by atoms with E-state index in [4.69, 9.17) is 21.1 Å². The van der Waals surface area contributed by atoms with Crippen molar-refractivity contribution in [2.45, 2.75) is 12.5 Å². The third-order valence-electron chi connectivity index (χ3n) is 4.71. The summed E-state index contributed by atoms with van der Waals surface area (Å²) in [7, 11) is 1.39. The molecule has 0 saturated carbocycles. The summed E-state index contributed by atoms with van der Waals surface area (Å²) < 4.78 is 10.4. The number of morpholine rings is 1. The highest BCUT2D eigenvalue weighted by Gasteiger charge is 2.29. The van der Waals surface area contributed by atoms with Gasteiger partial charge in [0.2, 0.25) is 0 Å². The van der Waals surface area contributed by atoms with Crippen LogP contribution < -0.4 is 4.90 Å². The second-order valence-corrected chi connectivity index (χ2v) is 6.78. The molecule has 0 bridgehead atoms. The van der Waals surface area contributed by atoms with Crippen LogP contribution in [0.4, 0.5) is 5.82 Å². The lowest BCUT2D eigenvalue weighted by molar-refractivity contribution is -0.141. The van der Waals surface area contributed by atoms with Gasteiger partial charge in [-0.05, 0) is 18.2 Å². The number of hydrogen-bond acceptors (Lipinski definition) is 6. The monoisotopic (exact) mass is 386 g/mol. The molecule has 1 unspecified atom stereocenters. The van der Waals surface area contributed by atoms with E-state index in [-0.39, 0.29) is 18.4 Å². The van der Waals surface area contributed by atoms with Gasteiger partial charge >= 0.3 is 5.97 Å². The molecule has 0 spiro atoms. The molecule has 1 aliphatic heterocycles. The van der Waals surface area contributed by atoms with Gasteiger partial charge in [-0.1, -0.05) is 23.7 Å². The van der Waals surface area contributed by atoms with Gasteiger partial charge < -0.3 is 14.4 Å². The van der Waals surface area contributed by atoms with Crippen LogP contribution in [0, 0.1) is 0 Å². The molecular weight excluding hydrogens is 368 g/mol. The number of halogens is 1. The van der Waals surface area contributed by atoms with Gasteiger partial charge in [0.1, 0.15) is 0 Å². The SMILES string of the molecule is COC(=O)CC1COCCN1c1n[nH]c2c(-c3ccc(Cl)cc3)nccc12. The molecule has 1 fully saturated rings. The summed E-state index contributed by atoms with van der Waals surface area (Å²) in [5.74, 6) is 0.527. The maximum atomic E-state index is 11.8. The first-order valence-corrected chi connectivity index (χ1v) is 9.05. The third-order valence-corrected chi connectivity index (χ3v) is 4.96. The largest absolute Gasteiger partial charge is 0.469 e. The first kappa shape index (κ1) is 17.8. The maximum absolute atomic E-state index is 11.8. The highest BCUT2D eigenvalue weighted by atomic mass is 35.5. The van der Waals surface area contributed by atoms with Crippen molar-refractivity contribution in [1.82, 2.24) is 15.2 Å². The molecule has 140 valence electrons. The number of H-pyrrole nitrogens is 1. The number of carbonyl (C=O) groups excluding carboxylic acids is 1. The smallest absolute Gasteiger partial charge is 0.307 e. The molecule has 27 heavy (non-hydrogen) atoms. The number of ether oxygens (including phenoxy) is 2. The van der Waals surface area contributed by atoms with Crippen LogP contribution >= 0.6 is 11.6 Å². The number of nitrogens with one attached hydrogen (secondary N) is 1. The number of benzene rings is 1. The zero-order valence-electron chi connectivity index (χ0n) is 14.8. The molecule has 2 aromatic heterocycles. The average molecular weight is 387 g/mol. The molecule has 8 heteroatoms. The van der Waals surface area contributed by atoms with Crippen LogP contribution in [0.15, 0.2) is 36.5 Å². The number of aromatic nitrogens is 3. The molecule has 3 heterocycles. The van der Waals surface area contributed by atoms with Crippen LogP contribution in [0.25, 0.3) is 22.2 Å². The van der Waals surface area contributed by atoms with Crippen molar-refractivity contribution in [3.63, 3.8) is 0 Å². The van der Waals surface area contributed by atoms with Crippen LogP contribution in [-0.2, 0) is 14.3 Å². The average Bonchev–Trinajstić information content (AvgIpc) is 3.13. The highest BCUT2D eigenvalue weighted by molar-refractivity contribution is 6.30. The summed E-state index contributed by atoms with van der Waals surface area (Å²) in [5, 5.41) is 9.27. The number of methoxy groups -OCH3 is 1. The third kappa shape index (κ3) is 3.48. The van der Waals surface area contributed by atoms with Crippen LogP contribution in [0.5, 0.6) is 0 Å². The number of hydrogen-bond donors (Lipinski definition) is 1. The number of carbonyl (C=O) groups is 1. The fourth-order valence-electron chi connectivity index (χ4n) is 3.35. The Morgan fingerprint density at radius 1 is 1.37 bits per heavy atom. The molecule has 0 amide bonds. The number of esters is 1. The van der Waals surface area contributed by atoms with Crippen molar-refractivity contribution in [1.29, 1.82) is 0 Å². The van der Waals surface area contributed by atoms with Crippen molar-refractivity contribution in [2.75, 3.05) is 31.8 Å². The molecule has 4 rings (SSSR count). The summed E-state index contributed by atoms with van der Waals surface area (Å²) in [5.41, 5.74) is 2.60. The van der Waals surface area contributed by atoms with E-state index >= 15 is 0 Å². The quantitative estimate of drug-likeness (QED) is 0.694. The minimum atomic E-state index is -0.265. The summed E-state index contributed by atoms with van der Waals surface area (Å²) >= 11 is 6.00. The van der Waals surface area contributed by atoms with Crippen LogP contribution in [0.2, 0.25) is 5.02 Å². The zero-order chi connectivity index (χ0) is 18.8. The second-order valence-electron chi connectivity index (χ2n) is 6.34. The first-order valence-electron chi connectivity index (χ1n) is 8.67. The number of nitrogens with zero attached hydrogens (tertiary/aromatic N) is 3. The van der Waals surface area contributed by atoms with Gasteiger partial charge in [0.05, 0.1) is 44.0 Å². The van der Waals surface area contributed by atoms with Gasteiger partial charge in [0.25, 0.3) is 0 Å². The lowest BCUT2D eigenvalue weighted by Gasteiger charge is -2.35. The Kier molecular flexibility index (Phi) is 4.96. The molecule has 1 aromatic carbocycles. The summed E-state index contributed by atoms with van der Waals surface area (Å²) in [4.78, 5) is 18.4. The van der Waals surface area contributed by atoms with E-state index in [2.05, 4.69) is 20.1 Å². The summed E-state index contributed by atoms with van der Waals surface area (Å²) in [6.07, 6.45) is 2.01. The Labute approximate surface area is 161 Å². The second kappa shape index (κ2) is 7.54. The van der Waals surface area contributed by atoms with Crippen molar-refractivity contribution in [3.8, 4) is 11.3 Å². The minimum absolute atomic E-state index is 0.121. The molecule has 1 N–H and O–H groups in total. The number of aromatic amines is 1. The lowest BCUT2D eigenvalue weighted by Crippen LogP contribution is -2.47. The standard InChI is InChI=1S/C19H19ClN4O3/c1-26-16(25)10-14-11-27-9-8-24(14)19-15-6-7-21-17(18(15)22-23-19)12-2-4-13(20)5-3-12/h2-7,14H,8-11H2,1H3,(H,22,23). The predicted octanol–water partition coefficient (Wildman–Crippen LogP) is 3.05. The molecule has 3 aromatic rings. The fraction of sp³-hybridized carbons (Fsp3) is 0.316. The van der Waals surface area contributed by atoms with Gasteiger partial charge in [-0.2, -0.15) is 5.10 Å². The van der Waals surface area contributed by atoms with Crippen LogP contribution in [0.1, 0.15) is 6.42 Å². The topological polar surface area (TPSA) is 80.3 Å². The molecule has 1 aliphatic rings. The summed E-state index contributed by atoms with van der Waals surface area (Å²) in [6.45, 7) is 1.69. The van der Waals surface area contributed by atoms with Crippen molar-refractivity contribution in [3.05, 3.63) is 41.6 Å². The van der Waals surface area contributed by atoms with E-state index in [9.17, 15) is 4.79 Å². The number of rotatable bonds is 4.